The summed E-state index contributed by atoms with van der Waals surface area (Å²) in [5, 5.41) is 0. The predicted octanol–water partition coefficient (Wildman–Crippen LogP) is 2.95. The van der Waals surface area contributed by atoms with Crippen LogP contribution in [0.3, 0.4) is 0 Å². The molecule has 0 atom stereocenters. The predicted molar refractivity (Wildman–Crippen MR) is 54.0 cm³/mol. The topological polar surface area (TPSA) is 32.9 Å². The molecule has 0 fully saturated rings. The van der Waals surface area contributed by atoms with Gasteiger partial charge in [0.1, 0.15) is 0 Å². The van der Waals surface area contributed by atoms with E-state index in [1.54, 1.807) is 0 Å². The van der Waals surface area contributed by atoms with Crippen molar-refractivity contribution in [3.63, 3.8) is 0 Å². The summed E-state index contributed by atoms with van der Waals surface area (Å²) in [6.45, 7) is 4.15. The zero-order valence-corrected chi connectivity index (χ0v) is 8.39. The van der Waals surface area contributed by atoms with Crippen LogP contribution < -0.4 is 0 Å². The van der Waals surface area contributed by atoms with Gasteiger partial charge in [-0.3, -0.25) is 4.79 Å². The Bertz CT molecular complexity index is 275. The minimum atomic E-state index is 0.246. The van der Waals surface area contributed by atoms with Crippen molar-refractivity contribution < 1.29 is 4.79 Å². The maximum Gasteiger partial charge on any atom is 0.179 e. The van der Waals surface area contributed by atoms with Crippen molar-refractivity contribution in [1.82, 2.24) is 4.98 Å². The van der Waals surface area contributed by atoms with Crippen LogP contribution in [0.15, 0.2) is 12.3 Å². The van der Waals surface area contributed by atoms with Crippen molar-refractivity contribution >= 4 is 5.78 Å². The third-order valence-electron chi connectivity index (χ3n) is 2.11. The molecular weight excluding hydrogens is 162 g/mol. The molecule has 0 aliphatic carbocycles. The van der Waals surface area contributed by atoms with Crippen molar-refractivity contribution in [2.45, 2.75) is 39.5 Å². The first-order chi connectivity index (χ1) is 6.29. The fraction of sp³-hybridized carbons (Fsp3) is 0.545. The number of aromatic nitrogens is 1. The fourth-order valence-electron chi connectivity index (χ4n) is 1.49. The average Bonchev–Trinajstić information content (AvgIpc) is 2.54. The zero-order valence-electron chi connectivity index (χ0n) is 8.39. The van der Waals surface area contributed by atoms with E-state index in [2.05, 4.69) is 11.9 Å². The normalized spacial score (nSPS) is 10.3. The number of ketones is 1. The van der Waals surface area contributed by atoms with Gasteiger partial charge in [-0.2, -0.15) is 0 Å². The molecule has 1 heterocycles. The van der Waals surface area contributed by atoms with Crippen LogP contribution in [0.5, 0.6) is 0 Å². The fourth-order valence-corrected chi connectivity index (χ4v) is 1.49. The average molecular weight is 179 g/mol. The molecule has 1 aromatic rings. The minimum Gasteiger partial charge on any atom is -0.359 e. The van der Waals surface area contributed by atoms with E-state index in [-0.39, 0.29) is 5.78 Å². The number of carbonyl (C=O) groups is 1. The van der Waals surface area contributed by atoms with Crippen molar-refractivity contribution in [3.8, 4) is 0 Å². The first kappa shape index (κ1) is 10.0. The molecule has 0 spiro atoms. The van der Waals surface area contributed by atoms with Gasteiger partial charge in [0.2, 0.25) is 0 Å². The van der Waals surface area contributed by atoms with Gasteiger partial charge in [-0.15, -0.1) is 0 Å². The van der Waals surface area contributed by atoms with E-state index in [9.17, 15) is 4.79 Å². The highest BCUT2D eigenvalue weighted by molar-refractivity contribution is 5.95. The second kappa shape index (κ2) is 4.85. The van der Waals surface area contributed by atoms with Crippen LogP contribution in [0.25, 0.3) is 0 Å². The number of carbonyl (C=O) groups excluding carboxylic acids is 1. The molecule has 0 aromatic carbocycles. The molecule has 2 heteroatoms. The quantitative estimate of drug-likeness (QED) is 0.692. The lowest BCUT2D eigenvalue weighted by atomic mass is 10.1. The first-order valence-corrected chi connectivity index (χ1v) is 4.99. The maximum absolute atomic E-state index is 11.6. The van der Waals surface area contributed by atoms with Crippen molar-refractivity contribution in [2.75, 3.05) is 0 Å². The Morgan fingerprint density at radius 3 is 2.77 bits per heavy atom. The molecule has 0 saturated carbocycles. The van der Waals surface area contributed by atoms with Gasteiger partial charge < -0.3 is 4.98 Å². The number of Topliss-reactive ketones (excluding diaryl/α,β-unsaturated/α-hetero) is 1. The first-order valence-electron chi connectivity index (χ1n) is 4.99. The van der Waals surface area contributed by atoms with Crippen LogP contribution >= 0.6 is 0 Å². The van der Waals surface area contributed by atoms with Crippen molar-refractivity contribution in [1.29, 1.82) is 0 Å². The molecule has 0 bridgehead atoms. The van der Waals surface area contributed by atoms with Crippen LogP contribution in [-0.4, -0.2) is 10.8 Å². The highest BCUT2D eigenvalue weighted by atomic mass is 16.1. The molecule has 13 heavy (non-hydrogen) atoms. The summed E-state index contributed by atoms with van der Waals surface area (Å²) in [4.78, 5) is 14.6. The molecule has 2 nitrogen and oxygen atoms in total. The zero-order chi connectivity index (χ0) is 9.68. The van der Waals surface area contributed by atoms with E-state index < -0.39 is 0 Å². The van der Waals surface area contributed by atoms with Crippen LogP contribution in [0.1, 0.15) is 49.2 Å². The number of aromatic amines is 1. The van der Waals surface area contributed by atoms with E-state index in [0.29, 0.717) is 6.42 Å². The van der Waals surface area contributed by atoms with Gasteiger partial charge in [0.15, 0.2) is 5.78 Å². The molecule has 1 rings (SSSR count). The standard InChI is InChI=1S/C11H17NO/c1-3-5-9-7-8-12-11(9)10(13)6-4-2/h7-8,12H,3-6H2,1-2H3. The molecule has 1 N–H and O–H groups in total. The summed E-state index contributed by atoms with van der Waals surface area (Å²) in [6.07, 6.45) is 5.51. The van der Waals surface area contributed by atoms with Gasteiger partial charge in [0.25, 0.3) is 0 Å². The Morgan fingerprint density at radius 2 is 2.15 bits per heavy atom. The number of nitrogens with one attached hydrogen (secondary N) is 1. The van der Waals surface area contributed by atoms with Crippen LogP contribution in [-0.2, 0) is 6.42 Å². The number of hydrogen-bond acceptors (Lipinski definition) is 1. The highest BCUT2D eigenvalue weighted by Gasteiger charge is 2.10. The third kappa shape index (κ3) is 2.44. The SMILES string of the molecule is CCCC(=O)c1[nH]ccc1CCC. The molecule has 0 saturated heterocycles. The van der Waals surface area contributed by atoms with Crippen LogP contribution in [0.2, 0.25) is 0 Å². The molecule has 1 aromatic heterocycles. The Kier molecular flexibility index (Phi) is 3.74. The molecule has 0 aliphatic heterocycles. The Labute approximate surface area is 79.4 Å². The van der Waals surface area contributed by atoms with E-state index in [4.69, 9.17) is 0 Å². The van der Waals surface area contributed by atoms with Crippen molar-refractivity contribution in [3.05, 3.63) is 23.5 Å². The van der Waals surface area contributed by atoms with E-state index in [0.717, 1.165) is 25.0 Å². The molecule has 0 aliphatic rings. The monoisotopic (exact) mass is 179 g/mol. The lowest BCUT2D eigenvalue weighted by molar-refractivity contribution is 0.0976. The Hall–Kier alpha value is -1.05. The van der Waals surface area contributed by atoms with E-state index >= 15 is 0 Å². The summed E-state index contributed by atoms with van der Waals surface area (Å²) < 4.78 is 0. The smallest absolute Gasteiger partial charge is 0.179 e. The minimum absolute atomic E-state index is 0.246. The number of aryl methyl sites for hydroxylation is 1. The molecule has 0 radical (unpaired) electrons. The molecule has 72 valence electrons. The lowest BCUT2D eigenvalue weighted by Crippen LogP contribution is -2.02. The third-order valence-corrected chi connectivity index (χ3v) is 2.11. The van der Waals surface area contributed by atoms with Crippen molar-refractivity contribution in [2.24, 2.45) is 0 Å². The summed E-state index contributed by atoms with van der Waals surface area (Å²) in [7, 11) is 0. The summed E-state index contributed by atoms with van der Waals surface area (Å²) in [6, 6.07) is 2.01. The van der Waals surface area contributed by atoms with E-state index in [1.165, 1.54) is 5.56 Å². The Balaban J connectivity index is 2.74. The molecule has 0 amide bonds. The number of rotatable bonds is 5. The largest absolute Gasteiger partial charge is 0.359 e. The van der Waals surface area contributed by atoms with E-state index in [1.807, 2.05) is 19.2 Å². The van der Waals surface area contributed by atoms with Gasteiger partial charge in [-0.25, -0.2) is 0 Å². The van der Waals surface area contributed by atoms with Gasteiger partial charge in [-0.1, -0.05) is 20.3 Å². The number of hydrogen-bond donors (Lipinski definition) is 1. The van der Waals surface area contributed by atoms with Gasteiger partial charge in [0, 0.05) is 12.6 Å². The Morgan fingerprint density at radius 1 is 1.38 bits per heavy atom. The maximum atomic E-state index is 11.6. The summed E-state index contributed by atoms with van der Waals surface area (Å²) in [5.41, 5.74) is 1.99. The molecule has 0 unspecified atom stereocenters. The van der Waals surface area contributed by atoms with Crippen LogP contribution in [0.4, 0.5) is 0 Å². The lowest BCUT2D eigenvalue weighted by Gasteiger charge is -2.00. The van der Waals surface area contributed by atoms with Gasteiger partial charge in [0.05, 0.1) is 5.69 Å². The summed E-state index contributed by atoms with van der Waals surface area (Å²) in [5.74, 6) is 0.246. The van der Waals surface area contributed by atoms with Crippen LogP contribution in [0, 0.1) is 0 Å². The number of H-pyrrole nitrogens is 1. The second-order valence-electron chi connectivity index (χ2n) is 3.30. The van der Waals surface area contributed by atoms with Gasteiger partial charge in [-0.05, 0) is 24.5 Å². The highest BCUT2D eigenvalue weighted by Crippen LogP contribution is 2.12. The molecular formula is C11H17NO. The second-order valence-corrected chi connectivity index (χ2v) is 3.30. The summed E-state index contributed by atoms with van der Waals surface area (Å²) >= 11 is 0. The van der Waals surface area contributed by atoms with Gasteiger partial charge >= 0.3 is 0 Å².